The number of hydrogen-bond acceptors (Lipinski definition) is 8. The van der Waals surface area contributed by atoms with Crippen molar-refractivity contribution < 1.29 is 38.2 Å². The Bertz CT molecular complexity index is 1490. The van der Waals surface area contributed by atoms with Crippen molar-refractivity contribution in [1.29, 1.82) is 0 Å². The number of fused-ring (bicyclic) bond motifs is 2. The van der Waals surface area contributed by atoms with Gasteiger partial charge in [0.25, 0.3) is 5.91 Å². The van der Waals surface area contributed by atoms with Gasteiger partial charge in [-0.25, -0.2) is 14.6 Å². The molecule has 0 aliphatic heterocycles. The Kier molecular flexibility index (Phi) is 7.97. The second-order valence-corrected chi connectivity index (χ2v) is 7.97. The molecule has 0 radical (unpaired) electrons. The first-order valence-corrected chi connectivity index (χ1v) is 11.1. The summed E-state index contributed by atoms with van der Waals surface area (Å²) >= 11 is 0. The van der Waals surface area contributed by atoms with Crippen molar-refractivity contribution in [3.05, 3.63) is 78.1 Å². The number of rotatable bonds is 9. The molecule has 0 aromatic heterocycles. The summed E-state index contributed by atoms with van der Waals surface area (Å²) in [7, 11) is -0.613. The van der Waals surface area contributed by atoms with Gasteiger partial charge in [0.15, 0.2) is 13.2 Å². The van der Waals surface area contributed by atoms with Crippen molar-refractivity contribution in [3.63, 3.8) is 0 Å². The molecule has 0 aliphatic carbocycles. The highest BCUT2D eigenvalue weighted by atomic mass is 19.1. The molecule has 0 saturated heterocycles. The molecule has 9 nitrogen and oxygen atoms in total. The lowest BCUT2D eigenvalue weighted by atomic mass is 9.79. The first kappa shape index (κ1) is 25.6. The maximum atomic E-state index is 13.8. The summed E-state index contributed by atoms with van der Waals surface area (Å²) in [5, 5.41) is 25.6. The number of halogens is 1. The molecule has 0 atom stereocenters. The van der Waals surface area contributed by atoms with Gasteiger partial charge in [0.05, 0.1) is 13.3 Å². The third-order valence-electron chi connectivity index (χ3n) is 5.40. The van der Waals surface area contributed by atoms with E-state index < -0.39 is 24.8 Å². The van der Waals surface area contributed by atoms with E-state index in [1.807, 2.05) is 36.4 Å². The van der Waals surface area contributed by atoms with Crippen molar-refractivity contribution in [2.24, 2.45) is 5.10 Å². The Hall–Kier alpha value is -4.48. The van der Waals surface area contributed by atoms with E-state index in [0.717, 1.165) is 27.6 Å². The first-order valence-electron chi connectivity index (χ1n) is 11.1. The molecule has 4 rings (SSSR count). The van der Waals surface area contributed by atoms with Gasteiger partial charge in [-0.15, -0.1) is 0 Å². The third kappa shape index (κ3) is 6.60. The van der Waals surface area contributed by atoms with E-state index in [4.69, 9.17) is 19.5 Å². The summed E-state index contributed by atoms with van der Waals surface area (Å²) in [6, 6.07) is 18.6. The summed E-state index contributed by atoms with van der Waals surface area (Å²) in [6.07, 6.45) is 1.22. The number of nitrogens with one attached hydrogen (secondary N) is 1. The smallest absolute Gasteiger partial charge is 0.484 e. The Balaban J connectivity index is 1.36. The zero-order valence-corrected chi connectivity index (χ0v) is 19.7. The highest BCUT2D eigenvalue weighted by molar-refractivity contribution is 6.58. The Morgan fingerprint density at radius 1 is 0.892 bits per heavy atom. The number of nitrogens with zero attached hydrogens (tertiary/aromatic N) is 1. The number of hydrogen-bond donors (Lipinski definition) is 3. The van der Waals surface area contributed by atoms with Gasteiger partial charge < -0.3 is 24.3 Å². The van der Waals surface area contributed by atoms with Crippen LogP contribution in [0.4, 0.5) is 4.39 Å². The topological polar surface area (TPSA) is 127 Å². The van der Waals surface area contributed by atoms with E-state index in [1.165, 1.54) is 25.5 Å². The minimum absolute atomic E-state index is 0.170. The molecule has 0 bridgehead atoms. The van der Waals surface area contributed by atoms with Crippen LogP contribution in [-0.4, -0.2) is 55.6 Å². The van der Waals surface area contributed by atoms with Crippen molar-refractivity contribution in [3.8, 4) is 11.5 Å². The molecule has 1 amide bonds. The highest BCUT2D eigenvalue weighted by Crippen LogP contribution is 2.28. The van der Waals surface area contributed by atoms with Gasteiger partial charge in [-0.3, -0.25) is 4.79 Å². The number of esters is 1. The van der Waals surface area contributed by atoms with Crippen molar-refractivity contribution in [2.45, 2.75) is 0 Å². The third-order valence-corrected chi connectivity index (χ3v) is 5.40. The molecule has 0 heterocycles. The Morgan fingerprint density at radius 2 is 1.51 bits per heavy atom. The van der Waals surface area contributed by atoms with E-state index in [1.54, 1.807) is 12.1 Å². The maximum absolute atomic E-state index is 13.8. The summed E-state index contributed by atoms with van der Waals surface area (Å²) in [4.78, 5) is 23.4. The number of amides is 1. The molecule has 11 heteroatoms. The zero-order valence-electron chi connectivity index (χ0n) is 19.7. The van der Waals surface area contributed by atoms with E-state index in [0.29, 0.717) is 17.1 Å². The summed E-state index contributed by atoms with van der Waals surface area (Å²) in [5.74, 6) is -0.736. The van der Waals surface area contributed by atoms with Crippen LogP contribution in [-0.2, 0) is 14.3 Å². The predicted molar refractivity (Wildman–Crippen MR) is 136 cm³/mol. The van der Waals surface area contributed by atoms with E-state index in [9.17, 15) is 14.0 Å². The molecule has 0 fully saturated rings. The lowest BCUT2D eigenvalue weighted by molar-refractivity contribution is -0.142. The lowest BCUT2D eigenvalue weighted by Crippen LogP contribution is -2.32. The van der Waals surface area contributed by atoms with E-state index in [2.05, 4.69) is 15.3 Å². The molecule has 0 unspecified atom stereocenters. The van der Waals surface area contributed by atoms with Gasteiger partial charge in [0, 0.05) is 5.46 Å². The minimum Gasteiger partial charge on any atom is -0.484 e. The number of benzene rings is 4. The molecule has 4 aromatic carbocycles. The lowest BCUT2D eigenvalue weighted by Gasteiger charge is -2.09. The molecule has 0 aliphatic rings. The highest BCUT2D eigenvalue weighted by Gasteiger charge is 2.16. The summed E-state index contributed by atoms with van der Waals surface area (Å²) in [6.45, 7) is -0.461. The van der Waals surface area contributed by atoms with Gasteiger partial charge in [-0.05, 0) is 69.6 Å². The minimum atomic E-state index is -1.91. The Morgan fingerprint density at radius 3 is 2.08 bits per heavy atom. The predicted octanol–water partition coefficient (Wildman–Crippen LogP) is 1.89. The van der Waals surface area contributed by atoms with Crippen LogP contribution >= 0.6 is 0 Å². The van der Waals surface area contributed by atoms with Crippen LogP contribution < -0.4 is 20.4 Å². The fourth-order valence-electron chi connectivity index (χ4n) is 3.53. The van der Waals surface area contributed by atoms with Gasteiger partial charge in [0.2, 0.25) is 0 Å². The molecular weight excluding hydrogens is 482 g/mol. The SMILES string of the molecule is COC(=O)COc1ccc2cc3cc(OCC(=O)N/N=C/c4ccc(B(O)O)c(F)c4)ccc3cc2c1. The average Bonchev–Trinajstić information content (AvgIpc) is 2.89. The number of methoxy groups -OCH3 is 1. The Labute approximate surface area is 211 Å². The molecule has 4 aromatic rings. The molecule has 188 valence electrons. The standard InChI is InChI=1S/C26H22BFN2O7/c1-35-26(32)15-37-22-6-4-18-9-19-11-21(5-3-17(19)10-20(18)12-22)36-14-25(31)30-29-13-16-2-7-23(27(33)34)24(28)8-16/h2-13,33-34H,14-15H2,1H3,(H,30,31)/b29-13+. The van der Waals surface area contributed by atoms with Crippen molar-refractivity contribution in [1.82, 2.24) is 5.43 Å². The number of carbonyl (C=O) groups excluding carboxylic acids is 2. The van der Waals surface area contributed by atoms with Gasteiger partial charge in [0.1, 0.15) is 17.3 Å². The van der Waals surface area contributed by atoms with E-state index >= 15 is 0 Å². The van der Waals surface area contributed by atoms with Gasteiger partial charge >= 0.3 is 13.1 Å². The molecule has 3 N–H and O–H groups in total. The van der Waals surface area contributed by atoms with Crippen LogP contribution in [0.2, 0.25) is 0 Å². The summed E-state index contributed by atoms with van der Waals surface area (Å²) in [5.41, 5.74) is 2.36. The van der Waals surface area contributed by atoms with Crippen LogP contribution in [0.3, 0.4) is 0 Å². The van der Waals surface area contributed by atoms with E-state index in [-0.39, 0.29) is 18.7 Å². The first-order chi connectivity index (χ1) is 17.8. The van der Waals surface area contributed by atoms with Gasteiger partial charge in [-0.1, -0.05) is 24.3 Å². The fourth-order valence-corrected chi connectivity index (χ4v) is 3.53. The van der Waals surface area contributed by atoms with Crippen LogP contribution in [0.15, 0.2) is 71.8 Å². The van der Waals surface area contributed by atoms with Crippen molar-refractivity contribution in [2.75, 3.05) is 20.3 Å². The van der Waals surface area contributed by atoms with Gasteiger partial charge in [-0.2, -0.15) is 5.10 Å². The number of carbonyl (C=O) groups is 2. The normalized spacial score (nSPS) is 11.0. The maximum Gasteiger partial charge on any atom is 0.491 e. The quantitative estimate of drug-likeness (QED) is 0.105. The number of ether oxygens (including phenoxy) is 3. The fraction of sp³-hybridized carbons (Fsp3) is 0.115. The second-order valence-electron chi connectivity index (χ2n) is 7.97. The molecule has 37 heavy (non-hydrogen) atoms. The zero-order chi connectivity index (χ0) is 26.4. The van der Waals surface area contributed by atoms with Crippen molar-refractivity contribution >= 4 is 52.2 Å². The van der Waals surface area contributed by atoms with Crippen LogP contribution in [0.5, 0.6) is 11.5 Å². The summed E-state index contributed by atoms with van der Waals surface area (Å²) < 4.78 is 29.4. The van der Waals surface area contributed by atoms with Crippen LogP contribution in [0.25, 0.3) is 21.5 Å². The average molecular weight is 504 g/mol. The van der Waals surface area contributed by atoms with Crippen LogP contribution in [0, 0.1) is 5.82 Å². The molecule has 0 saturated carbocycles. The molecular formula is C26H22BFN2O7. The molecule has 0 spiro atoms. The van der Waals surface area contributed by atoms with Crippen LogP contribution in [0.1, 0.15) is 5.56 Å². The largest absolute Gasteiger partial charge is 0.491 e. The number of hydrazone groups is 1. The monoisotopic (exact) mass is 504 g/mol. The second kappa shape index (κ2) is 11.5.